The molecule has 27 heavy (non-hydrogen) atoms. The van der Waals surface area contributed by atoms with E-state index in [-0.39, 0.29) is 17.8 Å². The summed E-state index contributed by atoms with van der Waals surface area (Å²) in [6.45, 7) is 0.111. The molecule has 138 valence electrons. The number of carbonyl (C=O) groups is 2. The summed E-state index contributed by atoms with van der Waals surface area (Å²) in [6.07, 6.45) is -0.0814. The van der Waals surface area contributed by atoms with Crippen LogP contribution in [0.3, 0.4) is 0 Å². The van der Waals surface area contributed by atoms with Gasteiger partial charge in [-0.25, -0.2) is 9.59 Å². The van der Waals surface area contributed by atoms with E-state index in [0.29, 0.717) is 23.3 Å². The van der Waals surface area contributed by atoms with Gasteiger partial charge >= 0.3 is 11.9 Å². The van der Waals surface area contributed by atoms with Gasteiger partial charge in [-0.15, -0.1) is 0 Å². The van der Waals surface area contributed by atoms with Crippen molar-refractivity contribution in [2.24, 2.45) is 5.92 Å². The second-order valence-electron chi connectivity index (χ2n) is 6.17. The maximum atomic E-state index is 12.4. The molecular formula is C21H19NO4S. The monoisotopic (exact) mass is 381 g/mol. The van der Waals surface area contributed by atoms with Gasteiger partial charge in [0, 0.05) is 23.3 Å². The first-order valence-corrected chi connectivity index (χ1v) is 9.70. The molecule has 1 aliphatic heterocycles. The third-order valence-electron chi connectivity index (χ3n) is 4.41. The predicted octanol–water partition coefficient (Wildman–Crippen LogP) is 3.71. The zero-order chi connectivity index (χ0) is 19.1. The first-order valence-electron chi connectivity index (χ1n) is 8.66. The molecular weight excluding hydrogens is 362 g/mol. The van der Waals surface area contributed by atoms with Crippen molar-refractivity contribution < 1.29 is 19.1 Å². The van der Waals surface area contributed by atoms with Crippen LogP contribution in [0.2, 0.25) is 0 Å². The Bertz CT molecular complexity index is 819. The van der Waals surface area contributed by atoms with Gasteiger partial charge in [-0.05, 0) is 24.3 Å². The third-order valence-corrected chi connectivity index (χ3v) is 5.87. The van der Waals surface area contributed by atoms with Crippen LogP contribution in [0.4, 0.5) is 0 Å². The minimum atomic E-state index is -0.420. The number of carbonyl (C=O) groups excluding carboxylic acids is 2. The standard InChI is InChI=1S/C21H19NO4S/c22-12-11-19-17(13-25-20(23)15-7-3-1-4-8-15)18(14-27-19)26-21(24)16-9-5-2-6-10-16/h1-10,17-19H,11,13-14H2. The highest BCUT2D eigenvalue weighted by Crippen LogP contribution is 2.37. The Balaban J connectivity index is 1.65. The number of nitriles is 1. The molecule has 6 heteroatoms. The van der Waals surface area contributed by atoms with Crippen molar-refractivity contribution in [2.75, 3.05) is 12.4 Å². The van der Waals surface area contributed by atoms with E-state index in [0.717, 1.165) is 0 Å². The van der Waals surface area contributed by atoms with Crippen LogP contribution < -0.4 is 0 Å². The number of thioether (sulfide) groups is 1. The molecule has 2 aromatic rings. The predicted molar refractivity (Wildman–Crippen MR) is 102 cm³/mol. The Kier molecular flexibility index (Phi) is 6.50. The highest BCUT2D eigenvalue weighted by atomic mass is 32.2. The van der Waals surface area contributed by atoms with Crippen molar-refractivity contribution in [3.05, 3.63) is 71.8 Å². The number of esters is 2. The fraction of sp³-hybridized carbons (Fsp3) is 0.286. The van der Waals surface area contributed by atoms with Crippen LogP contribution in [-0.4, -0.2) is 35.7 Å². The molecule has 0 amide bonds. The quantitative estimate of drug-likeness (QED) is 0.710. The molecule has 0 radical (unpaired) electrons. The van der Waals surface area contributed by atoms with E-state index in [4.69, 9.17) is 14.7 Å². The molecule has 0 bridgehead atoms. The van der Waals surface area contributed by atoms with Crippen molar-refractivity contribution in [2.45, 2.75) is 17.8 Å². The van der Waals surface area contributed by atoms with Gasteiger partial charge in [-0.1, -0.05) is 36.4 Å². The van der Waals surface area contributed by atoms with E-state index in [2.05, 4.69) is 6.07 Å². The fourth-order valence-corrected chi connectivity index (χ4v) is 4.40. The summed E-state index contributed by atoms with van der Waals surface area (Å²) in [4.78, 5) is 24.6. The normalized spacial score (nSPS) is 21.2. The van der Waals surface area contributed by atoms with E-state index < -0.39 is 18.0 Å². The second kappa shape index (κ2) is 9.24. The molecule has 0 spiro atoms. The average Bonchev–Trinajstić information content (AvgIpc) is 3.09. The van der Waals surface area contributed by atoms with Crippen LogP contribution in [-0.2, 0) is 9.47 Å². The second-order valence-corrected chi connectivity index (χ2v) is 7.44. The minimum absolute atomic E-state index is 0.0350. The van der Waals surface area contributed by atoms with Crippen molar-refractivity contribution in [1.82, 2.24) is 0 Å². The molecule has 1 fully saturated rings. The molecule has 1 saturated heterocycles. The smallest absolute Gasteiger partial charge is 0.338 e. The van der Waals surface area contributed by atoms with E-state index in [1.807, 2.05) is 12.1 Å². The summed E-state index contributed by atoms with van der Waals surface area (Å²) in [5.74, 6) is -0.456. The summed E-state index contributed by atoms with van der Waals surface area (Å²) in [5, 5.41) is 9.03. The van der Waals surface area contributed by atoms with Gasteiger partial charge in [0.2, 0.25) is 0 Å². The number of nitrogens with zero attached hydrogens (tertiary/aromatic N) is 1. The molecule has 0 saturated carbocycles. The molecule has 3 atom stereocenters. The SMILES string of the molecule is N#CCC1SCC(OC(=O)c2ccccc2)C1COC(=O)c1ccccc1. The van der Waals surface area contributed by atoms with Crippen molar-refractivity contribution >= 4 is 23.7 Å². The number of benzene rings is 2. The van der Waals surface area contributed by atoms with Crippen molar-refractivity contribution in [3.63, 3.8) is 0 Å². The van der Waals surface area contributed by atoms with E-state index in [1.165, 1.54) is 0 Å². The van der Waals surface area contributed by atoms with Crippen LogP contribution in [0.25, 0.3) is 0 Å². The molecule has 5 nitrogen and oxygen atoms in total. The van der Waals surface area contributed by atoms with Gasteiger partial charge < -0.3 is 9.47 Å². The maximum absolute atomic E-state index is 12.4. The Hall–Kier alpha value is -2.78. The lowest BCUT2D eigenvalue weighted by Gasteiger charge is -2.22. The van der Waals surface area contributed by atoms with Gasteiger partial charge in [-0.2, -0.15) is 17.0 Å². The zero-order valence-electron chi connectivity index (χ0n) is 14.6. The summed E-state index contributed by atoms with van der Waals surface area (Å²) >= 11 is 1.58. The Morgan fingerprint density at radius 2 is 1.59 bits per heavy atom. The summed E-state index contributed by atoms with van der Waals surface area (Å²) in [7, 11) is 0. The lowest BCUT2D eigenvalue weighted by molar-refractivity contribution is 0.00600. The van der Waals surface area contributed by atoms with Crippen LogP contribution in [0.5, 0.6) is 0 Å². The molecule has 0 aromatic heterocycles. The Morgan fingerprint density at radius 3 is 2.19 bits per heavy atom. The van der Waals surface area contributed by atoms with Crippen LogP contribution in [0.1, 0.15) is 27.1 Å². The highest BCUT2D eigenvalue weighted by Gasteiger charge is 2.40. The first kappa shape index (κ1) is 19.0. The fourth-order valence-electron chi connectivity index (χ4n) is 2.95. The zero-order valence-corrected chi connectivity index (χ0v) is 15.4. The molecule has 1 heterocycles. The lowest BCUT2D eigenvalue weighted by atomic mass is 9.98. The third kappa shape index (κ3) is 4.89. The Labute approximate surface area is 162 Å². The van der Waals surface area contributed by atoms with Gasteiger partial charge in [0.05, 0.1) is 23.8 Å². The molecule has 0 N–H and O–H groups in total. The van der Waals surface area contributed by atoms with Crippen molar-refractivity contribution in [1.29, 1.82) is 5.26 Å². The number of hydrogen-bond donors (Lipinski definition) is 0. The van der Waals surface area contributed by atoms with Crippen LogP contribution >= 0.6 is 11.8 Å². The number of ether oxygens (including phenoxy) is 2. The summed E-state index contributed by atoms with van der Waals surface area (Å²) in [5.41, 5.74) is 0.948. The number of rotatable bonds is 6. The first-order chi connectivity index (χ1) is 13.2. The van der Waals surface area contributed by atoms with Gasteiger partial charge in [0.1, 0.15) is 6.10 Å². The largest absolute Gasteiger partial charge is 0.462 e. The van der Waals surface area contributed by atoms with Gasteiger partial charge in [0.25, 0.3) is 0 Å². The van der Waals surface area contributed by atoms with Crippen LogP contribution in [0.15, 0.2) is 60.7 Å². The summed E-state index contributed by atoms with van der Waals surface area (Å²) < 4.78 is 11.1. The Morgan fingerprint density at radius 1 is 1.00 bits per heavy atom. The van der Waals surface area contributed by atoms with Crippen molar-refractivity contribution in [3.8, 4) is 6.07 Å². The van der Waals surface area contributed by atoms with E-state index >= 15 is 0 Å². The summed E-state index contributed by atoms with van der Waals surface area (Å²) in [6, 6.07) is 19.7. The van der Waals surface area contributed by atoms with E-state index in [9.17, 15) is 9.59 Å². The lowest BCUT2D eigenvalue weighted by Crippen LogP contribution is -2.33. The molecule has 2 aromatic carbocycles. The topological polar surface area (TPSA) is 76.4 Å². The number of hydrogen-bond acceptors (Lipinski definition) is 6. The average molecular weight is 381 g/mol. The van der Waals surface area contributed by atoms with Crippen LogP contribution in [0, 0.1) is 17.2 Å². The maximum Gasteiger partial charge on any atom is 0.338 e. The minimum Gasteiger partial charge on any atom is -0.462 e. The van der Waals surface area contributed by atoms with Gasteiger partial charge in [0.15, 0.2) is 0 Å². The van der Waals surface area contributed by atoms with Gasteiger partial charge in [-0.3, -0.25) is 0 Å². The molecule has 3 rings (SSSR count). The highest BCUT2D eigenvalue weighted by molar-refractivity contribution is 8.00. The van der Waals surface area contributed by atoms with E-state index in [1.54, 1.807) is 60.3 Å². The molecule has 3 unspecified atom stereocenters. The molecule has 1 aliphatic rings. The molecule has 0 aliphatic carbocycles.